The van der Waals surface area contributed by atoms with Gasteiger partial charge < -0.3 is 15.0 Å². The van der Waals surface area contributed by atoms with Crippen LogP contribution in [0.3, 0.4) is 0 Å². The van der Waals surface area contributed by atoms with E-state index in [1.54, 1.807) is 0 Å². The van der Waals surface area contributed by atoms with E-state index in [9.17, 15) is 4.79 Å². The summed E-state index contributed by atoms with van der Waals surface area (Å²) in [5, 5.41) is 3.08. The second-order valence-corrected chi connectivity index (χ2v) is 6.48. The van der Waals surface area contributed by atoms with Crippen LogP contribution >= 0.6 is 0 Å². The number of carbonyl (C=O) groups excluding carboxylic acids is 1. The molecule has 1 aromatic rings. The molecule has 0 aliphatic carbocycles. The normalized spacial score (nSPS) is 23.4. The summed E-state index contributed by atoms with van der Waals surface area (Å²) in [7, 11) is 1.88. The van der Waals surface area contributed by atoms with Crippen molar-refractivity contribution in [3.05, 3.63) is 34.9 Å². The van der Waals surface area contributed by atoms with Gasteiger partial charge in [0.05, 0.1) is 19.2 Å². The molecule has 0 spiro atoms. The number of nitrogens with zero attached hydrogens (tertiary/aromatic N) is 1. The fourth-order valence-electron chi connectivity index (χ4n) is 3.04. The lowest BCUT2D eigenvalue weighted by molar-refractivity contribution is -0.148. The molecule has 1 amide bonds. The first-order valence-electron chi connectivity index (χ1n) is 8.07. The van der Waals surface area contributed by atoms with Crippen LogP contribution < -0.4 is 5.32 Å². The molecule has 1 heterocycles. The van der Waals surface area contributed by atoms with E-state index in [-0.39, 0.29) is 24.0 Å². The smallest absolute Gasteiger partial charge is 0.227 e. The highest BCUT2D eigenvalue weighted by Gasteiger charge is 2.32. The summed E-state index contributed by atoms with van der Waals surface area (Å²) >= 11 is 0. The molecule has 3 unspecified atom stereocenters. The summed E-state index contributed by atoms with van der Waals surface area (Å²) in [6.07, 6.45) is -0.0261. The highest BCUT2D eigenvalue weighted by Crippen LogP contribution is 2.28. The van der Waals surface area contributed by atoms with Gasteiger partial charge >= 0.3 is 0 Å². The molecule has 22 heavy (non-hydrogen) atoms. The number of ether oxygens (including phenoxy) is 1. The first-order valence-corrected chi connectivity index (χ1v) is 8.07. The molecule has 4 heteroatoms. The van der Waals surface area contributed by atoms with Crippen molar-refractivity contribution < 1.29 is 9.53 Å². The van der Waals surface area contributed by atoms with Crippen LogP contribution in [0.2, 0.25) is 0 Å². The maximum absolute atomic E-state index is 12.7. The Balaban J connectivity index is 2.17. The van der Waals surface area contributed by atoms with Gasteiger partial charge in [0.25, 0.3) is 0 Å². The van der Waals surface area contributed by atoms with Gasteiger partial charge in [0.2, 0.25) is 5.91 Å². The number of hydrogen-bond donors (Lipinski definition) is 1. The highest BCUT2D eigenvalue weighted by molar-refractivity contribution is 5.79. The van der Waals surface area contributed by atoms with Crippen molar-refractivity contribution in [3.8, 4) is 0 Å². The van der Waals surface area contributed by atoms with Gasteiger partial charge in [-0.05, 0) is 38.9 Å². The lowest BCUT2D eigenvalue weighted by Gasteiger charge is -2.40. The average molecular weight is 304 g/mol. The minimum Gasteiger partial charge on any atom is -0.370 e. The highest BCUT2D eigenvalue weighted by atomic mass is 16.5. The monoisotopic (exact) mass is 304 g/mol. The van der Waals surface area contributed by atoms with Crippen LogP contribution in [-0.2, 0) is 9.53 Å². The van der Waals surface area contributed by atoms with Crippen LogP contribution in [0.15, 0.2) is 18.2 Å². The largest absolute Gasteiger partial charge is 0.370 e. The molecule has 0 aromatic heterocycles. The van der Waals surface area contributed by atoms with Gasteiger partial charge in [-0.15, -0.1) is 0 Å². The summed E-state index contributed by atoms with van der Waals surface area (Å²) in [5.41, 5.74) is 3.65. The molecule has 0 saturated carbocycles. The molecular formula is C18H28N2O2. The molecule has 3 atom stereocenters. The zero-order valence-corrected chi connectivity index (χ0v) is 14.3. The van der Waals surface area contributed by atoms with E-state index in [0.29, 0.717) is 19.7 Å². The number of aryl methyl sites for hydroxylation is 2. The standard InChI is InChI=1S/C18H28N2O2/c1-12-6-7-13(2)16(8-12)17-10-20(15(4)11-22-17)18(21)14(3)9-19-5/h6-8,14-15,17,19H,9-11H2,1-5H3. The third kappa shape index (κ3) is 3.68. The summed E-state index contributed by atoms with van der Waals surface area (Å²) in [6, 6.07) is 6.55. The van der Waals surface area contributed by atoms with E-state index in [4.69, 9.17) is 4.74 Å². The fourth-order valence-corrected chi connectivity index (χ4v) is 3.04. The van der Waals surface area contributed by atoms with Crippen LogP contribution in [0.4, 0.5) is 0 Å². The van der Waals surface area contributed by atoms with E-state index < -0.39 is 0 Å². The summed E-state index contributed by atoms with van der Waals surface area (Å²) < 4.78 is 6.02. The van der Waals surface area contributed by atoms with Crippen molar-refractivity contribution >= 4 is 5.91 Å². The van der Waals surface area contributed by atoms with Gasteiger partial charge in [0.15, 0.2) is 0 Å². The first kappa shape index (κ1) is 17.0. The second-order valence-electron chi connectivity index (χ2n) is 6.48. The summed E-state index contributed by atoms with van der Waals surface area (Å²) in [5.74, 6) is 0.199. The first-order chi connectivity index (χ1) is 10.4. The number of morpholine rings is 1. The number of rotatable bonds is 4. The van der Waals surface area contributed by atoms with Crippen LogP contribution in [0.25, 0.3) is 0 Å². The number of benzene rings is 1. The Kier molecular flexibility index (Phi) is 5.59. The molecule has 4 nitrogen and oxygen atoms in total. The molecule has 122 valence electrons. The Hall–Kier alpha value is -1.39. The van der Waals surface area contributed by atoms with Crippen molar-refractivity contribution in [1.82, 2.24) is 10.2 Å². The predicted octanol–water partition coefficient (Wildman–Crippen LogP) is 2.45. The Morgan fingerprint density at radius 2 is 2.18 bits per heavy atom. The Morgan fingerprint density at radius 3 is 2.86 bits per heavy atom. The molecule has 1 aromatic carbocycles. The van der Waals surface area contributed by atoms with Gasteiger partial charge in [-0.3, -0.25) is 4.79 Å². The molecule has 2 rings (SSSR count). The van der Waals surface area contributed by atoms with E-state index in [0.717, 1.165) is 0 Å². The van der Waals surface area contributed by atoms with Gasteiger partial charge in [-0.2, -0.15) is 0 Å². The molecule has 1 aliphatic rings. The minimum atomic E-state index is -0.0261. The van der Waals surface area contributed by atoms with E-state index >= 15 is 0 Å². The molecule has 1 aliphatic heterocycles. The van der Waals surface area contributed by atoms with Crippen LogP contribution in [0.1, 0.15) is 36.6 Å². The molecule has 1 fully saturated rings. The third-order valence-corrected chi connectivity index (χ3v) is 4.43. The Morgan fingerprint density at radius 1 is 1.45 bits per heavy atom. The third-order valence-electron chi connectivity index (χ3n) is 4.43. The van der Waals surface area contributed by atoms with E-state index in [1.807, 2.05) is 18.9 Å². The zero-order valence-electron chi connectivity index (χ0n) is 14.3. The van der Waals surface area contributed by atoms with E-state index in [2.05, 4.69) is 44.3 Å². The number of carbonyl (C=O) groups is 1. The quantitative estimate of drug-likeness (QED) is 0.929. The molecular weight excluding hydrogens is 276 g/mol. The number of amides is 1. The van der Waals surface area contributed by atoms with Crippen molar-refractivity contribution in [2.45, 2.75) is 39.8 Å². The SMILES string of the molecule is CNCC(C)C(=O)N1CC(c2cc(C)ccc2C)OCC1C. The van der Waals surface area contributed by atoms with Gasteiger partial charge in [-0.25, -0.2) is 0 Å². The molecule has 1 saturated heterocycles. The fraction of sp³-hybridized carbons (Fsp3) is 0.611. The van der Waals surface area contributed by atoms with Gasteiger partial charge in [0, 0.05) is 12.5 Å². The lowest BCUT2D eigenvalue weighted by Crippen LogP contribution is -2.51. The topological polar surface area (TPSA) is 41.6 Å². The van der Waals surface area contributed by atoms with Gasteiger partial charge in [-0.1, -0.05) is 30.7 Å². The number of nitrogens with one attached hydrogen (secondary N) is 1. The van der Waals surface area contributed by atoms with Crippen molar-refractivity contribution in [2.24, 2.45) is 5.92 Å². The van der Waals surface area contributed by atoms with Crippen LogP contribution in [-0.4, -0.2) is 43.6 Å². The maximum atomic E-state index is 12.7. The number of hydrogen-bond acceptors (Lipinski definition) is 3. The summed E-state index contributed by atoms with van der Waals surface area (Å²) in [6.45, 7) is 10.2. The minimum absolute atomic E-state index is 0.00944. The van der Waals surface area contributed by atoms with Crippen LogP contribution in [0.5, 0.6) is 0 Å². The average Bonchev–Trinajstić information content (AvgIpc) is 2.50. The van der Waals surface area contributed by atoms with Crippen molar-refractivity contribution in [3.63, 3.8) is 0 Å². The predicted molar refractivity (Wildman–Crippen MR) is 88.9 cm³/mol. The summed E-state index contributed by atoms with van der Waals surface area (Å²) in [4.78, 5) is 14.6. The molecule has 0 radical (unpaired) electrons. The molecule has 1 N–H and O–H groups in total. The van der Waals surface area contributed by atoms with Gasteiger partial charge in [0.1, 0.15) is 6.10 Å². The van der Waals surface area contributed by atoms with E-state index in [1.165, 1.54) is 16.7 Å². The van der Waals surface area contributed by atoms with Crippen LogP contribution in [0, 0.1) is 19.8 Å². The second kappa shape index (κ2) is 7.25. The Bertz CT molecular complexity index is 530. The Labute approximate surface area is 133 Å². The van der Waals surface area contributed by atoms with Crippen molar-refractivity contribution in [2.75, 3.05) is 26.7 Å². The lowest BCUT2D eigenvalue weighted by atomic mass is 9.98. The maximum Gasteiger partial charge on any atom is 0.227 e. The zero-order chi connectivity index (χ0) is 16.3. The molecule has 0 bridgehead atoms. The van der Waals surface area contributed by atoms with Crippen molar-refractivity contribution in [1.29, 1.82) is 0 Å².